The van der Waals surface area contributed by atoms with Crippen molar-refractivity contribution < 1.29 is 38.4 Å². The Hall–Kier alpha value is -8.12. The van der Waals surface area contributed by atoms with Gasteiger partial charge in [-0.1, -0.05) is 13.0 Å². The Bertz CT molecular complexity index is 2690. The first kappa shape index (κ1) is 51.3. The Kier molecular flexibility index (Phi) is 17.8. The molecule has 5 aromatic rings. The lowest BCUT2D eigenvalue weighted by atomic mass is 10.1. The number of hydrogen-bond acceptors (Lipinski definition) is 12. The molecule has 0 spiro atoms. The summed E-state index contributed by atoms with van der Waals surface area (Å²) in [6.07, 6.45) is 9.34. The molecule has 24 heteroatoms. The molecule has 8 amide bonds. The number of anilines is 3. The van der Waals surface area contributed by atoms with Crippen LogP contribution in [0.15, 0.2) is 67.5 Å². The van der Waals surface area contributed by atoms with Gasteiger partial charge in [0.25, 0.3) is 23.6 Å². The number of pyridine rings is 1. The largest absolute Gasteiger partial charge is 0.354 e. The Morgan fingerprint density at radius 3 is 1.83 bits per heavy atom. The number of aryl methyl sites for hydroxylation is 3. The lowest BCUT2D eigenvalue weighted by Gasteiger charge is -2.18. The van der Waals surface area contributed by atoms with Gasteiger partial charge >= 0.3 is 0 Å². The van der Waals surface area contributed by atoms with E-state index in [2.05, 4.69) is 62.8 Å². The van der Waals surface area contributed by atoms with E-state index in [1.807, 2.05) is 6.92 Å². The van der Waals surface area contributed by atoms with E-state index in [9.17, 15) is 38.4 Å². The topological polar surface area (TPSA) is 327 Å². The van der Waals surface area contributed by atoms with Crippen molar-refractivity contribution in [3.63, 3.8) is 0 Å². The maximum atomic E-state index is 13.3. The highest BCUT2D eigenvalue weighted by Gasteiger charge is 2.47. The number of H-pyrrole nitrogens is 1. The Balaban J connectivity index is 0.884. The van der Waals surface area contributed by atoms with E-state index in [1.165, 1.54) is 18.5 Å². The fraction of sp³-hybridized carbons (Fsp3) is 0.391. The fourth-order valence-electron chi connectivity index (χ4n) is 7.48. The van der Waals surface area contributed by atoms with Crippen LogP contribution in [-0.2, 0) is 53.3 Å². The number of aromatic nitrogens is 6. The van der Waals surface area contributed by atoms with Crippen molar-refractivity contribution in [3.05, 3.63) is 102 Å². The first-order valence-electron chi connectivity index (χ1n) is 22.8. The SMILES string of the molecule is CCCC(=O)Nc1cc(C(=O)Nc2cc(C(=O)Nc3cc(C(=O)NCCNC(=O)[C@H]4C[C@@H]4C(=O)NCCNC(=O)[C@H](Cc4cnc[nH]4)NC(=O)c4cccc(CNCCN)n4)n(C)c3)n(C)c2)n(C)c1. The zero-order valence-corrected chi connectivity index (χ0v) is 39.4. The van der Waals surface area contributed by atoms with Crippen LogP contribution in [0.1, 0.15) is 79.5 Å². The molecule has 0 aromatic carbocycles. The summed E-state index contributed by atoms with van der Waals surface area (Å²) in [5.74, 6) is -4.29. The van der Waals surface area contributed by atoms with Crippen LogP contribution in [0.3, 0.4) is 0 Å². The molecule has 6 rings (SSSR count). The van der Waals surface area contributed by atoms with Gasteiger partial charge < -0.3 is 72.3 Å². The molecule has 3 atom stereocenters. The van der Waals surface area contributed by atoms with Gasteiger partial charge in [-0.15, -0.1) is 0 Å². The molecule has 24 nitrogen and oxygen atoms in total. The zero-order valence-electron chi connectivity index (χ0n) is 39.4. The molecule has 1 aliphatic carbocycles. The third-order valence-corrected chi connectivity index (χ3v) is 11.2. The number of imidazole rings is 1. The molecule has 1 saturated carbocycles. The molecule has 0 saturated heterocycles. The van der Waals surface area contributed by atoms with Gasteiger partial charge in [0.05, 0.1) is 40.9 Å². The third kappa shape index (κ3) is 14.2. The van der Waals surface area contributed by atoms with Gasteiger partial charge in [0.2, 0.25) is 23.6 Å². The first-order chi connectivity index (χ1) is 33.6. The molecule has 5 aromatic heterocycles. The monoisotopic (exact) mass is 964 g/mol. The van der Waals surface area contributed by atoms with Crippen molar-refractivity contribution in [2.45, 2.75) is 45.2 Å². The number of hydrogen-bond donors (Lipinski definition) is 11. The van der Waals surface area contributed by atoms with Gasteiger partial charge in [-0.3, -0.25) is 38.4 Å². The van der Waals surface area contributed by atoms with Gasteiger partial charge in [-0.05, 0) is 43.2 Å². The van der Waals surface area contributed by atoms with Crippen molar-refractivity contribution >= 4 is 64.3 Å². The highest BCUT2D eigenvalue weighted by atomic mass is 16.2. The minimum absolute atomic E-state index is 0.0636. The number of nitrogens with two attached hydrogens (primary N) is 1. The minimum atomic E-state index is -0.979. The van der Waals surface area contributed by atoms with Crippen molar-refractivity contribution in [1.29, 1.82) is 0 Å². The average Bonchev–Trinajstić information content (AvgIpc) is 3.59. The molecule has 372 valence electrons. The number of nitrogens with one attached hydrogen (secondary N) is 10. The average molecular weight is 965 g/mol. The summed E-state index contributed by atoms with van der Waals surface area (Å²) in [5.41, 5.74) is 8.93. The van der Waals surface area contributed by atoms with Crippen LogP contribution in [0, 0.1) is 11.8 Å². The molecule has 70 heavy (non-hydrogen) atoms. The van der Waals surface area contributed by atoms with Crippen LogP contribution in [0.5, 0.6) is 0 Å². The normalized spacial score (nSPS) is 14.2. The molecule has 0 radical (unpaired) electrons. The van der Waals surface area contributed by atoms with E-state index in [1.54, 1.807) is 83.9 Å². The summed E-state index contributed by atoms with van der Waals surface area (Å²) >= 11 is 0. The Labute approximate surface area is 403 Å². The maximum absolute atomic E-state index is 13.3. The first-order valence-corrected chi connectivity index (χ1v) is 22.8. The van der Waals surface area contributed by atoms with Gasteiger partial charge in [0.1, 0.15) is 28.8 Å². The lowest BCUT2D eigenvalue weighted by Crippen LogP contribution is -2.49. The van der Waals surface area contributed by atoms with E-state index in [-0.39, 0.29) is 67.4 Å². The van der Waals surface area contributed by atoms with Crippen LogP contribution in [0.25, 0.3) is 0 Å². The second kappa shape index (κ2) is 24.2. The van der Waals surface area contributed by atoms with Crippen molar-refractivity contribution in [2.24, 2.45) is 38.7 Å². The summed E-state index contributed by atoms with van der Waals surface area (Å²) in [5, 5.41) is 25.1. The molecular formula is C46H60N16O8. The second-order valence-electron chi connectivity index (χ2n) is 16.7. The van der Waals surface area contributed by atoms with Crippen molar-refractivity contribution in [3.8, 4) is 0 Å². The molecule has 0 unspecified atom stereocenters. The summed E-state index contributed by atoms with van der Waals surface area (Å²) in [6, 6.07) is 8.63. The summed E-state index contributed by atoms with van der Waals surface area (Å²) < 4.78 is 4.68. The van der Waals surface area contributed by atoms with E-state index < -0.39 is 47.4 Å². The summed E-state index contributed by atoms with van der Waals surface area (Å²) in [7, 11) is 4.98. The van der Waals surface area contributed by atoms with Crippen LogP contribution in [0.4, 0.5) is 17.1 Å². The minimum Gasteiger partial charge on any atom is -0.354 e. The highest BCUT2D eigenvalue weighted by molar-refractivity contribution is 6.08. The highest BCUT2D eigenvalue weighted by Crippen LogP contribution is 2.38. The molecule has 1 fully saturated rings. The van der Waals surface area contributed by atoms with Gasteiger partial charge in [-0.2, -0.15) is 0 Å². The van der Waals surface area contributed by atoms with Gasteiger partial charge in [0, 0.05) is 110 Å². The molecule has 5 heterocycles. The quantitative estimate of drug-likeness (QED) is 0.0341. The molecule has 0 bridgehead atoms. The zero-order chi connectivity index (χ0) is 50.3. The maximum Gasteiger partial charge on any atom is 0.272 e. The molecular weight excluding hydrogens is 905 g/mol. The number of carbonyl (C=O) groups is 8. The van der Waals surface area contributed by atoms with Crippen LogP contribution >= 0.6 is 0 Å². The number of nitrogens with zero attached hydrogens (tertiary/aromatic N) is 5. The van der Waals surface area contributed by atoms with E-state index in [0.717, 1.165) is 0 Å². The number of amides is 8. The van der Waals surface area contributed by atoms with Crippen LogP contribution in [0.2, 0.25) is 0 Å². The molecule has 0 aliphatic heterocycles. The van der Waals surface area contributed by atoms with Crippen LogP contribution in [-0.4, -0.2) is 121 Å². The van der Waals surface area contributed by atoms with Crippen molar-refractivity contribution in [1.82, 2.24) is 60.6 Å². The smallest absolute Gasteiger partial charge is 0.272 e. The summed E-state index contributed by atoms with van der Waals surface area (Å²) in [4.78, 5) is 115. The van der Waals surface area contributed by atoms with E-state index >= 15 is 0 Å². The molecule has 12 N–H and O–H groups in total. The number of rotatable bonds is 25. The van der Waals surface area contributed by atoms with Gasteiger partial charge in [-0.25, -0.2) is 9.97 Å². The Morgan fingerprint density at radius 1 is 0.714 bits per heavy atom. The predicted octanol–water partition coefficient (Wildman–Crippen LogP) is -0.132. The number of carbonyl (C=O) groups excluding carboxylic acids is 8. The predicted molar refractivity (Wildman–Crippen MR) is 257 cm³/mol. The van der Waals surface area contributed by atoms with Crippen LogP contribution < -0.4 is 53.6 Å². The van der Waals surface area contributed by atoms with Crippen molar-refractivity contribution in [2.75, 3.05) is 55.2 Å². The van der Waals surface area contributed by atoms with Gasteiger partial charge in [0.15, 0.2) is 0 Å². The Morgan fingerprint density at radius 2 is 1.27 bits per heavy atom. The second-order valence-corrected chi connectivity index (χ2v) is 16.7. The standard InChI is InChI=1S/C46H60N16O8/c1-5-7-39(63)56-29-17-37(61(3)23-29)45(69)58-31-19-38(62(4)25-31)46(70)57-30-18-36(60(2)24-30)44(68)53-15-13-51-41(65)33-20-32(33)40(64)50-12-14-52-42(66)35(16-28-22-49-26-54-28)59-43(67)34-9-6-8-27(55-34)21-48-11-10-47/h6,8-9,17-19,22-26,32-33,35,48H,5,7,10-16,20-21,47H2,1-4H3,(H,49,54)(H,50,64)(H,51,65)(H,52,66)(H,53,68)(H,56,63)(H,57,70)(H,58,69)(H,59,67)/t32-,33-,35-/m0/s1. The summed E-state index contributed by atoms with van der Waals surface area (Å²) in [6.45, 7) is 3.71. The third-order valence-electron chi connectivity index (χ3n) is 11.2. The lowest BCUT2D eigenvalue weighted by molar-refractivity contribution is -0.127. The fourth-order valence-corrected chi connectivity index (χ4v) is 7.48. The van der Waals surface area contributed by atoms with E-state index in [4.69, 9.17) is 5.73 Å². The van der Waals surface area contributed by atoms with E-state index in [0.29, 0.717) is 73.0 Å². The number of aromatic amines is 1. The molecule has 1 aliphatic rings.